The van der Waals surface area contributed by atoms with E-state index < -0.39 is 11.4 Å². The maximum Gasteiger partial charge on any atom is 0.310 e. The molecule has 0 radical (unpaired) electrons. The van der Waals surface area contributed by atoms with Crippen molar-refractivity contribution in [2.75, 3.05) is 0 Å². The number of aryl methyl sites for hydroxylation is 1. The number of hydrogen-bond donors (Lipinski definition) is 1. The maximum absolute atomic E-state index is 11.4. The zero-order valence-corrected chi connectivity index (χ0v) is 9.28. The molecule has 0 saturated heterocycles. The van der Waals surface area contributed by atoms with Gasteiger partial charge in [0.1, 0.15) is 0 Å². The summed E-state index contributed by atoms with van der Waals surface area (Å²) >= 11 is 0. The lowest BCUT2D eigenvalue weighted by atomic mass is 9.69. The van der Waals surface area contributed by atoms with Crippen molar-refractivity contribution in [2.24, 2.45) is 5.41 Å². The highest BCUT2D eigenvalue weighted by atomic mass is 16.4. The number of allylic oxidation sites excluding steroid dienone is 1. The van der Waals surface area contributed by atoms with Gasteiger partial charge in [-0.3, -0.25) is 4.79 Å². The Bertz CT molecular complexity index is 422. The van der Waals surface area contributed by atoms with Crippen molar-refractivity contribution in [1.82, 2.24) is 0 Å². The van der Waals surface area contributed by atoms with E-state index in [0.29, 0.717) is 19.3 Å². The average Bonchev–Trinajstić information content (AvgIpc) is 2.29. The molecule has 2 rings (SSSR count). The Morgan fingerprint density at radius 1 is 1.44 bits per heavy atom. The standard InChI is InChI=1S/C14H16O2/c1-2-8-14(13(15)16)9-7-11-5-3-4-6-12(11)10-14/h2-6H,1,7-10H2,(H,15,16). The van der Waals surface area contributed by atoms with Crippen LogP contribution in [0.3, 0.4) is 0 Å². The van der Waals surface area contributed by atoms with E-state index in [1.165, 1.54) is 11.1 Å². The minimum absolute atomic E-state index is 0.552. The molecule has 1 atom stereocenters. The Kier molecular flexibility index (Phi) is 2.82. The summed E-state index contributed by atoms with van der Waals surface area (Å²) in [5.41, 5.74) is 1.84. The predicted octanol–water partition coefficient (Wildman–Crippen LogP) is 2.82. The van der Waals surface area contributed by atoms with Gasteiger partial charge in [-0.15, -0.1) is 6.58 Å². The first-order valence-electron chi connectivity index (χ1n) is 5.59. The van der Waals surface area contributed by atoms with Crippen molar-refractivity contribution in [3.05, 3.63) is 48.0 Å². The smallest absolute Gasteiger partial charge is 0.310 e. The summed E-state index contributed by atoms with van der Waals surface area (Å²) in [5.74, 6) is -0.693. The number of carboxylic acid groups (broad SMARTS) is 1. The van der Waals surface area contributed by atoms with E-state index in [1.807, 2.05) is 18.2 Å². The molecule has 0 aromatic heterocycles. The number of carbonyl (C=O) groups is 1. The topological polar surface area (TPSA) is 37.3 Å². The van der Waals surface area contributed by atoms with E-state index in [0.717, 1.165) is 6.42 Å². The van der Waals surface area contributed by atoms with Crippen LogP contribution < -0.4 is 0 Å². The van der Waals surface area contributed by atoms with Gasteiger partial charge in [-0.05, 0) is 36.8 Å². The third-order valence-corrected chi connectivity index (χ3v) is 3.51. The number of carboxylic acids is 1. The normalized spacial score (nSPS) is 23.5. The highest BCUT2D eigenvalue weighted by Crippen LogP contribution is 2.38. The Morgan fingerprint density at radius 3 is 2.75 bits per heavy atom. The van der Waals surface area contributed by atoms with Crippen LogP contribution in [-0.4, -0.2) is 11.1 Å². The van der Waals surface area contributed by atoms with Gasteiger partial charge in [-0.1, -0.05) is 30.3 Å². The van der Waals surface area contributed by atoms with Gasteiger partial charge in [-0.25, -0.2) is 0 Å². The summed E-state index contributed by atoms with van der Waals surface area (Å²) in [6, 6.07) is 8.12. The largest absolute Gasteiger partial charge is 0.481 e. The first-order valence-corrected chi connectivity index (χ1v) is 5.59. The molecule has 1 aromatic carbocycles. The van der Waals surface area contributed by atoms with Gasteiger partial charge >= 0.3 is 5.97 Å². The van der Waals surface area contributed by atoms with Crippen molar-refractivity contribution in [3.8, 4) is 0 Å². The SMILES string of the molecule is C=CCC1(C(=O)O)CCc2ccccc2C1. The van der Waals surface area contributed by atoms with E-state index in [4.69, 9.17) is 0 Å². The van der Waals surface area contributed by atoms with Crippen molar-refractivity contribution < 1.29 is 9.90 Å². The van der Waals surface area contributed by atoms with Crippen LogP contribution in [0.2, 0.25) is 0 Å². The quantitative estimate of drug-likeness (QED) is 0.789. The molecule has 1 N–H and O–H groups in total. The average molecular weight is 216 g/mol. The zero-order chi connectivity index (χ0) is 11.6. The van der Waals surface area contributed by atoms with Gasteiger partial charge in [0.2, 0.25) is 0 Å². The first kappa shape index (κ1) is 10.9. The molecule has 84 valence electrons. The maximum atomic E-state index is 11.4. The summed E-state index contributed by atoms with van der Waals surface area (Å²) in [7, 11) is 0. The molecule has 2 heteroatoms. The molecule has 0 amide bonds. The number of hydrogen-bond acceptors (Lipinski definition) is 1. The van der Waals surface area contributed by atoms with Crippen LogP contribution in [-0.2, 0) is 17.6 Å². The van der Waals surface area contributed by atoms with E-state index >= 15 is 0 Å². The molecule has 1 aliphatic rings. The zero-order valence-electron chi connectivity index (χ0n) is 9.28. The van der Waals surface area contributed by atoms with Crippen LogP contribution in [0.5, 0.6) is 0 Å². The summed E-state index contributed by atoms with van der Waals surface area (Å²) in [4.78, 5) is 11.4. The molecular weight excluding hydrogens is 200 g/mol. The summed E-state index contributed by atoms with van der Waals surface area (Å²) < 4.78 is 0. The second-order valence-electron chi connectivity index (χ2n) is 4.52. The molecule has 1 aromatic rings. The second-order valence-corrected chi connectivity index (χ2v) is 4.52. The van der Waals surface area contributed by atoms with Gasteiger partial charge in [0.05, 0.1) is 5.41 Å². The van der Waals surface area contributed by atoms with Crippen LogP contribution in [0, 0.1) is 5.41 Å². The fraction of sp³-hybridized carbons (Fsp3) is 0.357. The number of benzene rings is 1. The second kappa shape index (κ2) is 4.12. The summed E-state index contributed by atoms with van der Waals surface area (Å²) in [6.07, 6.45) is 4.48. The molecule has 0 saturated carbocycles. The van der Waals surface area contributed by atoms with Gasteiger partial charge in [0.15, 0.2) is 0 Å². The van der Waals surface area contributed by atoms with Gasteiger partial charge < -0.3 is 5.11 Å². The molecule has 0 aliphatic heterocycles. The van der Waals surface area contributed by atoms with Crippen molar-refractivity contribution in [2.45, 2.75) is 25.7 Å². The summed E-state index contributed by atoms with van der Waals surface area (Å²) in [5, 5.41) is 9.40. The van der Waals surface area contributed by atoms with E-state index in [-0.39, 0.29) is 0 Å². The minimum Gasteiger partial charge on any atom is -0.481 e. The van der Waals surface area contributed by atoms with Crippen LogP contribution >= 0.6 is 0 Å². The third kappa shape index (κ3) is 1.75. The Morgan fingerprint density at radius 2 is 2.12 bits per heavy atom. The fourth-order valence-electron chi connectivity index (χ4n) is 2.52. The van der Waals surface area contributed by atoms with E-state index in [9.17, 15) is 9.90 Å². The number of aliphatic carboxylic acids is 1. The van der Waals surface area contributed by atoms with Crippen LogP contribution in [0.25, 0.3) is 0 Å². The molecule has 1 aliphatic carbocycles. The molecule has 0 heterocycles. The van der Waals surface area contributed by atoms with Gasteiger partial charge in [-0.2, -0.15) is 0 Å². The van der Waals surface area contributed by atoms with Crippen LogP contribution in [0.4, 0.5) is 0 Å². The van der Waals surface area contributed by atoms with Crippen molar-refractivity contribution in [3.63, 3.8) is 0 Å². The number of fused-ring (bicyclic) bond motifs is 1. The lowest BCUT2D eigenvalue weighted by molar-refractivity contribution is -0.149. The molecule has 16 heavy (non-hydrogen) atoms. The fourth-order valence-corrected chi connectivity index (χ4v) is 2.52. The highest BCUT2D eigenvalue weighted by Gasteiger charge is 2.40. The van der Waals surface area contributed by atoms with E-state index in [1.54, 1.807) is 6.08 Å². The van der Waals surface area contributed by atoms with Crippen LogP contribution in [0.1, 0.15) is 24.0 Å². The monoisotopic (exact) mass is 216 g/mol. The molecule has 0 fully saturated rings. The molecule has 0 bridgehead atoms. The first-order chi connectivity index (χ1) is 7.68. The minimum atomic E-state index is -0.693. The molecule has 2 nitrogen and oxygen atoms in total. The molecule has 1 unspecified atom stereocenters. The molecular formula is C14H16O2. The molecule has 0 spiro atoms. The van der Waals surface area contributed by atoms with Crippen LogP contribution in [0.15, 0.2) is 36.9 Å². The Hall–Kier alpha value is -1.57. The third-order valence-electron chi connectivity index (χ3n) is 3.51. The lowest BCUT2D eigenvalue weighted by Crippen LogP contribution is -2.36. The van der Waals surface area contributed by atoms with E-state index in [2.05, 4.69) is 12.6 Å². The Balaban J connectivity index is 2.34. The van der Waals surface area contributed by atoms with Crippen molar-refractivity contribution >= 4 is 5.97 Å². The summed E-state index contributed by atoms with van der Waals surface area (Å²) in [6.45, 7) is 3.67. The van der Waals surface area contributed by atoms with Crippen molar-refractivity contribution in [1.29, 1.82) is 0 Å². The van der Waals surface area contributed by atoms with Gasteiger partial charge in [0, 0.05) is 0 Å². The van der Waals surface area contributed by atoms with Gasteiger partial charge in [0.25, 0.3) is 0 Å². The Labute approximate surface area is 95.6 Å². The lowest BCUT2D eigenvalue weighted by Gasteiger charge is -2.33. The predicted molar refractivity (Wildman–Crippen MR) is 63.3 cm³/mol. The number of rotatable bonds is 3. The highest BCUT2D eigenvalue weighted by molar-refractivity contribution is 5.76.